The largest absolute Gasteiger partial charge is 0.467 e. The van der Waals surface area contributed by atoms with Crippen molar-refractivity contribution in [2.45, 2.75) is 26.3 Å². The first-order valence-corrected chi connectivity index (χ1v) is 7.74. The Hall–Kier alpha value is -2.68. The summed E-state index contributed by atoms with van der Waals surface area (Å²) in [6, 6.07) is 3.47. The summed E-state index contributed by atoms with van der Waals surface area (Å²) in [5.74, 6) is -0.00668. The third-order valence-corrected chi connectivity index (χ3v) is 3.55. The van der Waals surface area contributed by atoms with Gasteiger partial charge in [-0.15, -0.1) is 0 Å². The SMILES string of the molecule is Cc1[nH]c(=S)[nH]c(=O)c1CCC(=O)NCC(=O)NCc1ccco1. The van der Waals surface area contributed by atoms with E-state index in [0.29, 0.717) is 17.0 Å². The minimum absolute atomic E-state index is 0.0972. The summed E-state index contributed by atoms with van der Waals surface area (Å²) in [6.45, 7) is 1.85. The Balaban J connectivity index is 1.74. The maximum Gasteiger partial charge on any atom is 0.255 e. The van der Waals surface area contributed by atoms with E-state index in [0.717, 1.165) is 0 Å². The molecule has 2 rings (SSSR count). The monoisotopic (exact) mass is 350 g/mol. The van der Waals surface area contributed by atoms with Crippen LogP contribution in [0.5, 0.6) is 0 Å². The summed E-state index contributed by atoms with van der Waals surface area (Å²) in [5.41, 5.74) is 0.800. The summed E-state index contributed by atoms with van der Waals surface area (Å²) in [7, 11) is 0. The quantitative estimate of drug-likeness (QED) is 0.548. The lowest BCUT2D eigenvalue weighted by Gasteiger charge is -2.07. The average Bonchev–Trinajstić information content (AvgIpc) is 3.03. The van der Waals surface area contributed by atoms with Crippen LogP contribution in [0.1, 0.15) is 23.4 Å². The van der Waals surface area contributed by atoms with E-state index in [1.54, 1.807) is 19.1 Å². The lowest BCUT2D eigenvalue weighted by Crippen LogP contribution is -2.36. The number of hydrogen-bond donors (Lipinski definition) is 4. The lowest BCUT2D eigenvalue weighted by atomic mass is 10.1. The molecule has 2 aromatic heterocycles. The van der Waals surface area contributed by atoms with Gasteiger partial charge < -0.3 is 20.0 Å². The van der Waals surface area contributed by atoms with Gasteiger partial charge in [-0.2, -0.15) is 0 Å². The highest BCUT2D eigenvalue weighted by atomic mass is 32.1. The van der Waals surface area contributed by atoms with Crippen LogP contribution in [-0.4, -0.2) is 28.3 Å². The maximum atomic E-state index is 11.8. The summed E-state index contributed by atoms with van der Waals surface area (Å²) in [6.07, 6.45) is 1.87. The van der Waals surface area contributed by atoms with E-state index in [4.69, 9.17) is 16.6 Å². The van der Waals surface area contributed by atoms with E-state index in [9.17, 15) is 14.4 Å². The molecule has 0 aliphatic rings. The summed E-state index contributed by atoms with van der Waals surface area (Å²) >= 11 is 4.87. The van der Waals surface area contributed by atoms with Gasteiger partial charge in [-0.05, 0) is 37.7 Å². The van der Waals surface area contributed by atoms with Crippen LogP contribution in [0.4, 0.5) is 0 Å². The first-order chi connectivity index (χ1) is 11.5. The van der Waals surface area contributed by atoms with Crippen LogP contribution in [0, 0.1) is 11.7 Å². The Morgan fingerprint density at radius 2 is 2.04 bits per heavy atom. The first-order valence-electron chi connectivity index (χ1n) is 7.33. The van der Waals surface area contributed by atoms with E-state index < -0.39 is 0 Å². The Morgan fingerprint density at radius 3 is 2.71 bits per heavy atom. The van der Waals surface area contributed by atoms with Gasteiger partial charge in [-0.25, -0.2) is 0 Å². The van der Waals surface area contributed by atoms with Crippen molar-refractivity contribution in [1.82, 2.24) is 20.6 Å². The Bertz CT molecular complexity index is 823. The number of H-pyrrole nitrogens is 2. The van der Waals surface area contributed by atoms with Gasteiger partial charge in [0.1, 0.15) is 5.76 Å². The van der Waals surface area contributed by atoms with Gasteiger partial charge in [0.25, 0.3) is 5.56 Å². The van der Waals surface area contributed by atoms with Crippen molar-refractivity contribution >= 4 is 24.0 Å². The van der Waals surface area contributed by atoms with Crippen molar-refractivity contribution < 1.29 is 14.0 Å². The second kappa shape index (κ2) is 8.25. The molecule has 0 saturated carbocycles. The predicted molar refractivity (Wildman–Crippen MR) is 88.9 cm³/mol. The molecule has 2 aromatic rings. The van der Waals surface area contributed by atoms with E-state index in [1.807, 2.05) is 0 Å². The molecule has 0 spiro atoms. The third kappa shape index (κ3) is 5.20. The maximum absolute atomic E-state index is 11.8. The zero-order chi connectivity index (χ0) is 17.5. The summed E-state index contributed by atoms with van der Waals surface area (Å²) < 4.78 is 5.33. The Kier molecular flexibility index (Phi) is 6.07. The van der Waals surface area contributed by atoms with Crippen molar-refractivity contribution in [2.75, 3.05) is 6.54 Å². The van der Waals surface area contributed by atoms with Gasteiger partial charge in [-0.1, -0.05) is 0 Å². The van der Waals surface area contributed by atoms with Crippen LogP contribution in [-0.2, 0) is 22.6 Å². The zero-order valence-corrected chi connectivity index (χ0v) is 13.9. The van der Waals surface area contributed by atoms with E-state index in [2.05, 4.69) is 20.6 Å². The molecule has 0 radical (unpaired) electrons. The summed E-state index contributed by atoms with van der Waals surface area (Å²) in [4.78, 5) is 40.5. The molecule has 2 amide bonds. The highest BCUT2D eigenvalue weighted by Gasteiger charge is 2.10. The molecule has 0 atom stereocenters. The highest BCUT2D eigenvalue weighted by Crippen LogP contribution is 2.01. The number of amides is 2. The van der Waals surface area contributed by atoms with E-state index in [-0.39, 0.29) is 48.1 Å². The number of carbonyl (C=O) groups excluding carboxylic acids is 2. The van der Waals surface area contributed by atoms with Gasteiger partial charge >= 0.3 is 0 Å². The van der Waals surface area contributed by atoms with Crippen molar-refractivity contribution in [3.05, 3.63) is 50.5 Å². The number of furan rings is 1. The van der Waals surface area contributed by atoms with Crippen LogP contribution in [0.15, 0.2) is 27.6 Å². The standard InChI is InChI=1S/C15H18N4O4S/c1-9-11(14(22)19-15(24)18-9)4-5-12(20)17-8-13(21)16-7-10-3-2-6-23-10/h2-3,6H,4-5,7-8H2,1H3,(H,16,21)(H,17,20)(H2,18,19,22,24). The molecule has 0 fully saturated rings. The molecule has 4 N–H and O–H groups in total. The van der Waals surface area contributed by atoms with Gasteiger partial charge in [0.15, 0.2) is 4.77 Å². The lowest BCUT2D eigenvalue weighted by molar-refractivity contribution is -0.126. The number of rotatable bonds is 7. The fraction of sp³-hybridized carbons (Fsp3) is 0.333. The molecule has 0 saturated heterocycles. The molecule has 128 valence electrons. The second-order valence-electron chi connectivity index (χ2n) is 5.14. The number of aromatic amines is 2. The molecule has 0 aromatic carbocycles. The highest BCUT2D eigenvalue weighted by molar-refractivity contribution is 7.71. The molecule has 0 bridgehead atoms. The molecule has 2 heterocycles. The number of hydrogen-bond acceptors (Lipinski definition) is 5. The minimum Gasteiger partial charge on any atom is -0.467 e. The van der Waals surface area contributed by atoms with Gasteiger partial charge in [0.05, 0.1) is 19.4 Å². The van der Waals surface area contributed by atoms with Crippen LogP contribution in [0.2, 0.25) is 0 Å². The van der Waals surface area contributed by atoms with Crippen LogP contribution >= 0.6 is 12.2 Å². The van der Waals surface area contributed by atoms with Crippen molar-refractivity contribution in [2.24, 2.45) is 0 Å². The number of carbonyl (C=O) groups is 2. The molecular weight excluding hydrogens is 332 g/mol. The molecule has 9 heteroatoms. The van der Waals surface area contributed by atoms with Gasteiger partial charge in [0.2, 0.25) is 11.8 Å². The molecular formula is C15H18N4O4S. The molecule has 0 aliphatic carbocycles. The van der Waals surface area contributed by atoms with Crippen molar-refractivity contribution in [3.63, 3.8) is 0 Å². The summed E-state index contributed by atoms with van der Waals surface area (Å²) in [5, 5.41) is 5.13. The van der Waals surface area contributed by atoms with Crippen LogP contribution in [0.3, 0.4) is 0 Å². The molecule has 0 aliphatic heterocycles. The topological polar surface area (TPSA) is 120 Å². The zero-order valence-electron chi connectivity index (χ0n) is 13.1. The molecule has 8 nitrogen and oxygen atoms in total. The van der Waals surface area contributed by atoms with Gasteiger partial charge in [-0.3, -0.25) is 19.4 Å². The van der Waals surface area contributed by atoms with Crippen molar-refractivity contribution in [3.8, 4) is 0 Å². The Morgan fingerprint density at radius 1 is 1.25 bits per heavy atom. The third-order valence-electron chi connectivity index (χ3n) is 3.34. The average molecular weight is 350 g/mol. The fourth-order valence-corrected chi connectivity index (χ4v) is 2.34. The van der Waals surface area contributed by atoms with Crippen LogP contribution < -0.4 is 16.2 Å². The fourth-order valence-electron chi connectivity index (χ4n) is 2.09. The molecule has 0 unspecified atom stereocenters. The second-order valence-corrected chi connectivity index (χ2v) is 5.55. The minimum atomic E-state index is -0.322. The first kappa shape index (κ1) is 17.7. The number of aromatic nitrogens is 2. The van der Waals surface area contributed by atoms with Crippen molar-refractivity contribution in [1.29, 1.82) is 0 Å². The number of nitrogens with one attached hydrogen (secondary N) is 4. The van der Waals surface area contributed by atoms with Gasteiger partial charge in [0, 0.05) is 17.7 Å². The Labute approximate surface area is 142 Å². The smallest absolute Gasteiger partial charge is 0.255 e. The molecule has 24 heavy (non-hydrogen) atoms. The normalized spacial score (nSPS) is 10.4. The number of aryl methyl sites for hydroxylation is 1. The van der Waals surface area contributed by atoms with Crippen LogP contribution in [0.25, 0.3) is 0 Å². The van der Waals surface area contributed by atoms with E-state index >= 15 is 0 Å². The predicted octanol–water partition coefficient (Wildman–Crippen LogP) is 0.699. The van der Waals surface area contributed by atoms with E-state index in [1.165, 1.54) is 6.26 Å².